The number of phenols is 1. The molecule has 2 aromatic carbocycles. The van der Waals surface area contributed by atoms with E-state index in [0.717, 1.165) is 30.2 Å². The number of halogens is 1. The van der Waals surface area contributed by atoms with E-state index in [1.165, 1.54) is 5.56 Å². The Morgan fingerprint density at radius 1 is 1.12 bits per heavy atom. The fourth-order valence-corrected chi connectivity index (χ4v) is 4.06. The predicted molar refractivity (Wildman–Crippen MR) is 109 cm³/mol. The van der Waals surface area contributed by atoms with Gasteiger partial charge < -0.3 is 5.11 Å². The van der Waals surface area contributed by atoms with Crippen molar-refractivity contribution < 1.29 is 5.11 Å². The van der Waals surface area contributed by atoms with E-state index in [1.54, 1.807) is 6.07 Å². The third kappa shape index (κ3) is 3.96. The van der Waals surface area contributed by atoms with Crippen LogP contribution in [0.3, 0.4) is 0 Å². The predicted octanol–water partition coefficient (Wildman–Crippen LogP) is 4.72. The van der Waals surface area contributed by atoms with Crippen molar-refractivity contribution in [1.29, 1.82) is 0 Å². The summed E-state index contributed by atoms with van der Waals surface area (Å²) < 4.78 is 0. The van der Waals surface area contributed by atoms with Gasteiger partial charge in [-0.2, -0.15) is 0 Å². The van der Waals surface area contributed by atoms with Crippen molar-refractivity contribution in [2.45, 2.75) is 32.0 Å². The van der Waals surface area contributed by atoms with E-state index in [-0.39, 0.29) is 6.04 Å². The van der Waals surface area contributed by atoms with Crippen LogP contribution in [0, 0.1) is 0 Å². The molecule has 1 saturated heterocycles. The number of hydrogen-bond acceptors (Lipinski definition) is 3. The van der Waals surface area contributed by atoms with Crippen LogP contribution in [-0.2, 0) is 0 Å². The molecule has 0 spiro atoms. The quantitative estimate of drug-likeness (QED) is 0.772. The molecule has 1 aliphatic rings. The van der Waals surface area contributed by atoms with E-state index in [0.29, 0.717) is 17.8 Å². The molecule has 3 nitrogen and oxygen atoms in total. The smallest absolute Gasteiger partial charge is 0.115 e. The van der Waals surface area contributed by atoms with Gasteiger partial charge in [0.1, 0.15) is 5.75 Å². The summed E-state index contributed by atoms with van der Waals surface area (Å²) in [5.41, 5.74) is 2.29. The lowest BCUT2D eigenvalue weighted by Gasteiger charge is -2.48. The van der Waals surface area contributed by atoms with Gasteiger partial charge in [0.15, 0.2) is 0 Å². The Morgan fingerprint density at radius 2 is 1.85 bits per heavy atom. The van der Waals surface area contributed by atoms with Crippen LogP contribution in [0.2, 0.25) is 5.02 Å². The molecule has 3 rings (SSSR count). The van der Waals surface area contributed by atoms with Gasteiger partial charge in [-0.25, -0.2) is 0 Å². The van der Waals surface area contributed by atoms with Crippen molar-refractivity contribution in [3.8, 4) is 5.75 Å². The second kappa shape index (κ2) is 8.26. The zero-order chi connectivity index (χ0) is 18.7. The molecule has 1 aliphatic heterocycles. The van der Waals surface area contributed by atoms with Gasteiger partial charge in [0.25, 0.3) is 0 Å². The summed E-state index contributed by atoms with van der Waals surface area (Å²) >= 11 is 6.11. The standard InChI is InChI=1S/C22H27ClN2O/c1-4-12-24-13-14-25(17(3)16(24)2)22(18-8-10-20(23)11-9-18)19-6-5-7-21(26)15-19/h4-11,15-17,22,26H,1,12-14H2,2-3H3. The van der Waals surface area contributed by atoms with Gasteiger partial charge in [0.2, 0.25) is 0 Å². The Balaban J connectivity index is 1.98. The molecule has 26 heavy (non-hydrogen) atoms. The fourth-order valence-electron chi connectivity index (χ4n) is 3.94. The summed E-state index contributed by atoms with van der Waals surface area (Å²) in [4.78, 5) is 5.00. The van der Waals surface area contributed by atoms with Crippen molar-refractivity contribution in [1.82, 2.24) is 9.80 Å². The molecule has 0 aliphatic carbocycles. The highest BCUT2D eigenvalue weighted by molar-refractivity contribution is 6.30. The Kier molecular flexibility index (Phi) is 6.02. The SMILES string of the molecule is C=CCN1CCN(C(c2ccc(Cl)cc2)c2cccc(O)c2)C(C)C1C. The van der Waals surface area contributed by atoms with Crippen LogP contribution in [-0.4, -0.2) is 46.6 Å². The van der Waals surface area contributed by atoms with Crippen molar-refractivity contribution in [3.63, 3.8) is 0 Å². The van der Waals surface area contributed by atoms with E-state index in [4.69, 9.17) is 11.6 Å². The lowest BCUT2D eigenvalue weighted by atomic mass is 9.92. The number of hydrogen-bond donors (Lipinski definition) is 1. The van der Waals surface area contributed by atoms with E-state index < -0.39 is 0 Å². The minimum atomic E-state index is 0.0858. The van der Waals surface area contributed by atoms with Crippen LogP contribution in [0.5, 0.6) is 5.75 Å². The lowest BCUT2D eigenvalue weighted by molar-refractivity contribution is 0.0239. The second-order valence-electron chi connectivity index (χ2n) is 7.05. The number of aromatic hydroxyl groups is 1. The first kappa shape index (κ1) is 19.0. The highest BCUT2D eigenvalue weighted by atomic mass is 35.5. The first-order valence-corrected chi connectivity index (χ1v) is 9.54. The maximum absolute atomic E-state index is 10.0. The van der Waals surface area contributed by atoms with Crippen molar-refractivity contribution in [2.24, 2.45) is 0 Å². The molecule has 0 amide bonds. The first-order chi connectivity index (χ1) is 12.5. The number of piperazine rings is 1. The summed E-state index contributed by atoms with van der Waals surface area (Å²) in [5, 5.41) is 10.8. The maximum Gasteiger partial charge on any atom is 0.115 e. The molecule has 2 aromatic rings. The molecule has 1 heterocycles. The van der Waals surface area contributed by atoms with Gasteiger partial charge in [-0.05, 0) is 49.2 Å². The molecule has 1 fully saturated rings. The number of nitrogens with zero attached hydrogens (tertiary/aromatic N) is 2. The Hall–Kier alpha value is -1.81. The highest BCUT2D eigenvalue weighted by Crippen LogP contribution is 2.35. The molecule has 3 atom stereocenters. The van der Waals surface area contributed by atoms with Crippen LogP contribution in [0.4, 0.5) is 0 Å². The monoisotopic (exact) mass is 370 g/mol. The zero-order valence-electron chi connectivity index (χ0n) is 15.5. The van der Waals surface area contributed by atoms with E-state index in [2.05, 4.69) is 48.4 Å². The first-order valence-electron chi connectivity index (χ1n) is 9.16. The normalized spacial score (nSPS) is 22.9. The third-order valence-corrected chi connectivity index (χ3v) is 5.76. The van der Waals surface area contributed by atoms with Gasteiger partial charge in [0, 0.05) is 36.7 Å². The van der Waals surface area contributed by atoms with Crippen molar-refractivity contribution >= 4 is 11.6 Å². The molecule has 138 valence electrons. The van der Waals surface area contributed by atoms with Crippen LogP contribution >= 0.6 is 11.6 Å². The summed E-state index contributed by atoms with van der Waals surface area (Å²) in [6.07, 6.45) is 1.98. The van der Waals surface area contributed by atoms with E-state index in [1.807, 2.05) is 30.3 Å². The second-order valence-corrected chi connectivity index (χ2v) is 7.49. The molecule has 4 heteroatoms. The zero-order valence-corrected chi connectivity index (χ0v) is 16.2. The van der Waals surface area contributed by atoms with Crippen LogP contribution in [0.1, 0.15) is 31.0 Å². The Morgan fingerprint density at radius 3 is 2.50 bits per heavy atom. The largest absolute Gasteiger partial charge is 0.508 e. The molecular formula is C22H27ClN2O. The van der Waals surface area contributed by atoms with Gasteiger partial charge in [-0.15, -0.1) is 6.58 Å². The summed E-state index contributed by atoms with van der Waals surface area (Å²) in [6, 6.07) is 16.5. The minimum Gasteiger partial charge on any atom is -0.508 e. The maximum atomic E-state index is 10.0. The molecular weight excluding hydrogens is 344 g/mol. The minimum absolute atomic E-state index is 0.0858. The molecule has 1 N–H and O–H groups in total. The van der Waals surface area contributed by atoms with Crippen LogP contribution in [0.25, 0.3) is 0 Å². The lowest BCUT2D eigenvalue weighted by Crippen LogP contribution is -2.58. The average Bonchev–Trinajstić information content (AvgIpc) is 2.63. The summed E-state index contributed by atoms with van der Waals surface area (Å²) in [7, 11) is 0. The van der Waals surface area contributed by atoms with Gasteiger partial charge in [-0.3, -0.25) is 9.80 Å². The fraction of sp³-hybridized carbons (Fsp3) is 0.364. The van der Waals surface area contributed by atoms with Gasteiger partial charge in [0.05, 0.1) is 6.04 Å². The topological polar surface area (TPSA) is 26.7 Å². The molecule has 0 bridgehead atoms. The van der Waals surface area contributed by atoms with Crippen LogP contribution in [0.15, 0.2) is 61.2 Å². The van der Waals surface area contributed by atoms with Crippen LogP contribution < -0.4 is 0 Å². The third-order valence-electron chi connectivity index (χ3n) is 5.51. The average molecular weight is 371 g/mol. The highest BCUT2D eigenvalue weighted by Gasteiger charge is 2.35. The van der Waals surface area contributed by atoms with Gasteiger partial charge >= 0.3 is 0 Å². The Bertz CT molecular complexity index is 746. The molecule has 0 saturated carbocycles. The van der Waals surface area contributed by atoms with E-state index >= 15 is 0 Å². The summed E-state index contributed by atoms with van der Waals surface area (Å²) in [5.74, 6) is 0.299. The Labute approximate surface area is 161 Å². The number of phenolic OH excluding ortho intramolecular Hbond substituents is 1. The molecule has 0 radical (unpaired) electrons. The van der Waals surface area contributed by atoms with Crippen molar-refractivity contribution in [2.75, 3.05) is 19.6 Å². The molecule has 3 unspecified atom stereocenters. The summed E-state index contributed by atoms with van der Waals surface area (Å²) in [6.45, 7) is 11.3. The molecule has 0 aromatic heterocycles. The van der Waals surface area contributed by atoms with Gasteiger partial charge in [-0.1, -0.05) is 41.9 Å². The number of benzene rings is 2. The van der Waals surface area contributed by atoms with Crippen molar-refractivity contribution in [3.05, 3.63) is 77.3 Å². The van der Waals surface area contributed by atoms with E-state index in [9.17, 15) is 5.11 Å². The number of rotatable bonds is 5.